The number of aliphatic carboxylic acids is 3. The summed E-state index contributed by atoms with van der Waals surface area (Å²) in [5.74, 6) is -6.18. The van der Waals surface area contributed by atoms with Gasteiger partial charge in [0, 0.05) is 12.0 Å². The summed E-state index contributed by atoms with van der Waals surface area (Å²) in [5, 5.41) is 38.7. The summed E-state index contributed by atoms with van der Waals surface area (Å²) in [5.41, 5.74) is -0.259. The minimum Gasteiger partial charge on any atom is -0.481 e. The van der Waals surface area contributed by atoms with Gasteiger partial charge in [0.15, 0.2) is 6.61 Å². The molecule has 0 unspecified atom stereocenters. The quantitative estimate of drug-likeness (QED) is 0.372. The average molecular weight is 419 g/mol. The van der Waals surface area contributed by atoms with Crippen molar-refractivity contribution in [3.8, 4) is 5.75 Å². The van der Waals surface area contributed by atoms with Crippen LogP contribution in [0.4, 0.5) is 0 Å². The van der Waals surface area contributed by atoms with Crippen LogP contribution in [0.3, 0.4) is 0 Å². The van der Waals surface area contributed by atoms with Crippen molar-refractivity contribution in [2.75, 3.05) is 6.61 Å². The highest BCUT2D eigenvalue weighted by Gasteiger charge is 2.23. The number of carbonyl (C=O) groups is 5. The van der Waals surface area contributed by atoms with E-state index >= 15 is 0 Å². The predicted octanol–water partition coefficient (Wildman–Crippen LogP) is 1.05. The molecular weight excluding hydrogens is 402 g/mol. The molecule has 0 aliphatic rings. The second kappa shape index (κ2) is 9.37. The van der Waals surface area contributed by atoms with Crippen LogP contribution in [0.25, 0.3) is 10.8 Å². The Kier molecular flexibility index (Phi) is 6.91. The predicted molar refractivity (Wildman–Crippen MR) is 99.8 cm³/mol. The number of hydrogen-bond donors (Lipinski definition) is 5. The highest BCUT2D eigenvalue weighted by Crippen LogP contribution is 2.29. The van der Waals surface area contributed by atoms with Crippen LogP contribution in [0.5, 0.6) is 5.75 Å². The molecule has 2 rings (SSSR count). The van der Waals surface area contributed by atoms with Crippen LogP contribution >= 0.6 is 0 Å². The van der Waals surface area contributed by atoms with Crippen LogP contribution < -0.4 is 10.1 Å². The van der Waals surface area contributed by atoms with Gasteiger partial charge in [0.1, 0.15) is 17.4 Å². The molecule has 0 aromatic heterocycles. The summed E-state index contributed by atoms with van der Waals surface area (Å²) in [6, 6.07) is 5.17. The van der Waals surface area contributed by atoms with Gasteiger partial charge in [0.05, 0.1) is 0 Å². The Morgan fingerprint density at radius 3 is 2.20 bits per heavy atom. The van der Waals surface area contributed by atoms with Gasteiger partial charge in [-0.15, -0.1) is 0 Å². The van der Waals surface area contributed by atoms with Gasteiger partial charge in [0.2, 0.25) is 0 Å². The van der Waals surface area contributed by atoms with E-state index in [9.17, 15) is 29.1 Å². The van der Waals surface area contributed by atoms with Crippen molar-refractivity contribution in [1.82, 2.24) is 5.32 Å². The molecule has 0 aliphatic heterocycles. The summed E-state index contributed by atoms with van der Waals surface area (Å²) < 4.78 is 5.00. The van der Waals surface area contributed by atoms with Crippen LogP contribution in [0.15, 0.2) is 30.3 Å². The molecule has 5 N–H and O–H groups in total. The first-order chi connectivity index (χ1) is 14.1. The summed E-state index contributed by atoms with van der Waals surface area (Å²) in [6.07, 6.45) is -0.756. The number of ether oxygens (including phenoxy) is 1. The lowest BCUT2D eigenvalue weighted by atomic mass is 10.0. The molecule has 0 aliphatic carbocycles. The minimum absolute atomic E-state index is 0.0274. The minimum atomic E-state index is -1.41. The Hall–Kier alpha value is -4.15. The number of nitrogens with one attached hydrogen (secondary N) is 1. The fourth-order valence-corrected chi connectivity index (χ4v) is 2.70. The number of carbonyl (C=O) groups excluding carboxylic acids is 1. The van der Waals surface area contributed by atoms with Crippen molar-refractivity contribution >= 4 is 40.6 Å². The first kappa shape index (κ1) is 22.1. The largest absolute Gasteiger partial charge is 0.481 e. The number of carboxylic acid groups (broad SMARTS) is 4. The highest BCUT2D eigenvalue weighted by molar-refractivity contribution is 6.08. The lowest BCUT2D eigenvalue weighted by molar-refractivity contribution is -0.141. The summed E-state index contributed by atoms with van der Waals surface area (Å²) in [6.45, 7) is -0.737. The van der Waals surface area contributed by atoms with Gasteiger partial charge in [0.25, 0.3) is 5.91 Å². The van der Waals surface area contributed by atoms with E-state index in [1.54, 1.807) is 0 Å². The Labute approximate surface area is 168 Å². The summed E-state index contributed by atoms with van der Waals surface area (Å²) in [4.78, 5) is 56.5. The Morgan fingerprint density at radius 1 is 0.933 bits per heavy atom. The van der Waals surface area contributed by atoms with E-state index in [1.807, 2.05) is 0 Å². The van der Waals surface area contributed by atoms with E-state index in [4.69, 9.17) is 20.1 Å². The average Bonchev–Trinajstić information content (AvgIpc) is 2.67. The molecule has 11 heteroatoms. The molecule has 11 nitrogen and oxygen atoms in total. The van der Waals surface area contributed by atoms with Crippen LogP contribution in [0.2, 0.25) is 0 Å². The van der Waals surface area contributed by atoms with Crippen molar-refractivity contribution in [1.29, 1.82) is 0 Å². The summed E-state index contributed by atoms with van der Waals surface area (Å²) in [7, 11) is 0. The monoisotopic (exact) mass is 419 g/mol. The molecule has 0 bridgehead atoms. The lowest BCUT2D eigenvalue weighted by Gasteiger charge is -2.14. The van der Waals surface area contributed by atoms with E-state index in [-0.39, 0.29) is 28.7 Å². The van der Waals surface area contributed by atoms with Crippen LogP contribution in [0.1, 0.15) is 33.6 Å². The van der Waals surface area contributed by atoms with Gasteiger partial charge in [-0.3, -0.25) is 9.59 Å². The van der Waals surface area contributed by atoms with E-state index < -0.39 is 48.9 Å². The molecule has 0 saturated carbocycles. The fraction of sp³-hybridized carbons (Fsp3) is 0.211. The molecule has 1 amide bonds. The molecule has 0 fully saturated rings. The maximum absolute atomic E-state index is 12.4. The van der Waals surface area contributed by atoms with E-state index in [1.165, 1.54) is 30.3 Å². The fourth-order valence-electron chi connectivity index (χ4n) is 2.70. The Bertz CT molecular complexity index is 1030. The molecule has 2 aromatic carbocycles. The summed E-state index contributed by atoms with van der Waals surface area (Å²) >= 11 is 0. The molecule has 1 atom stereocenters. The molecule has 0 radical (unpaired) electrons. The van der Waals surface area contributed by atoms with Crippen LogP contribution in [-0.2, 0) is 14.4 Å². The molecule has 2 aromatic rings. The molecule has 30 heavy (non-hydrogen) atoms. The zero-order valence-corrected chi connectivity index (χ0v) is 15.3. The van der Waals surface area contributed by atoms with Crippen molar-refractivity contribution in [2.24, 2.45) is 0 Å². The number of amides is 1. The third-order valence-corrected chi connectivity index (χ3v) is 4.06. The smallest absolute Gasteiger partial charge is 0.341 e. The maximum Gasteiger partial charge on any atom is 0.341 e. The van der Waals surface area contributed by atoms with Crippen molar-refractivity contribution in [3.05, 3.63) is 41.5 Å². The van der Waals surface area contributed by atoms with Gasteiger partial charge in [-0.1, -0.05) is 12.1 Å². The highest BCUT2D eigenvalue weighted by atomic mass is 16.5. The number of rotatable bonds is 10. The van der Waals surface area contributed by atoms with E-state index in [2.05, 4.69) is 5.32 Å². The van der Waals surface area contributed by atoms with Gasteiger partial charge in [-0.25, -0.2) is 14.4 Å². The second-order valence-electron chi connectivity index (χ2n) is 6.16. The molecule has 0 spiro atoms. The third-order valence-electron chi connectivity index (χ3n) is 4.06. The van der Waals surface area contributed by atoms with Gasteiger partial charge in [-0.05, 0) is 35.4 Å². The van der Waals surface area contributed by atoms with Gasteiger partial charge >= 0.3 is 23.9 Å². The van der Waals surface area contributed by atoms with Crippen molar-refractivity contribution in [3.63, 3.8) is 0 Å². The number of hydrogen-bond acceptors (Lipinski definition) is 6. The normalized spacial score (nSPS) is 11.5. The molecule has 0 saturated heterocycles. The van der Waals surface area contributed by atoms with Gasteiger partial charge in [-0.2, -0.15) is 0 Å². The number of aromatic carboxylic acids is 1. The SMILES string of the molecule is O=C(O)CC[C@H](NC(=O)c1ccc2c(C(=O)O)c(OCC(=O)O)ccc2c1)C(=O)O. The molecule has 158 valence electrons. The first-order valence-corrected chi connectivity index (χ1v) is 8.50. The third kappa shape index (κ3) is 5.44. The van der Waals surface area contributed by atoms with Crippen molar-refractivity contribution < 1.29 is 49.1 Å². The molecular formula is C19H17NO10. The zero-order valence-electron chi connectivity index (χ0n) is 15.3. The molecule has 0 heterocycles. The van der Waals surface area contributed by atoms with Crippen LogP contribution in [0, 0.1) is 0 Å². The number of benzene rings is 2. The standard InChI is InChI=1S/C19H17NO10/c21-14(22)6-4-12(18(26)27)20-17(25)10-1-3-11-9(7-10)2-5-13(16(11)19(28)29)30-8-15(23)24/h1-3,5,7,12H,4,6,8H2,(H,20,25)(H,21,22)(H,23,24)(H,26,27)(H,28,29)/t12-/m0/s1. The van der Waals surface area contributed by atoms with E-state index in [0.29, 0.717) is 5.39 Å². The Balaban J connectivity index is 2.33. The maximum atomic E-state index is 12.4. The second-order valence-corrected chi connectivity index (χ2v) is 6.16. The van der Waals surface area contributed by atoms with Crippen LogP contribution in [-0.4, -0.2) is 62.9 Å². The van der Waals surface area contributed by atoms with E-state index in [0.717, 1.165) is 0 Å². The first-order valence-electron chi connectivity index (χ1n) is 8.50. The number of fused-ring (bicyclic) bond motifs is 1. The van der Waals surface area contributed by atoms with Crippen molar-refractivity contribution in [2.45, 2.75) is 18.9 Å². The Morgan fingerprint density at radius 2 is 1.63 bits per heavy atom. The van der Waals surface area contributed by atoms with Gasteiger partial charge < -0.3 is 30.5 Å². The topological polar surface area (TPSA) is 188 Å². The number of carboxylic acids is 4. The lowest BCUT2D eigenvalue weighted by Crippen LogP contribution is -2.41. The zero-order chi connectivity index (χ0) is 22.4.